The number of nitrogen functional groups attached to an aromatic ring is 1. The van der Waals surface area contributed by atoms with E-state index < -0.39 is 11.9 Å². The van der Waals surface area contributed by atoms with Crippen LogP contribution in [0.15, 0.2) is 71.9 Å². The lowest BCUT2D eigenvalue weighted by Crippen LogP contribution is -2.26. The number of nitrogens with two attached hydrogens (primary N) is 1. The largest absolute Gasteiger partial charge is 0.467 e. The zero-order valence-corrected chi connectivity index (χ0v) is 20.4. The van der Waals surface area contributed by atoms with Gasteiger partial charge in [0.1, 0.15) is 23.3 Å². The lowest BCUT2D eigenvalue weighted by molar-refractivity contribution is 0.380. The number of nitrogens with zero attached hydrogens (tertiary/aromatic N) is 6. The van der Waals surface area contributed by atoms with E-state index in [9.17, 15) is 14.4 Å². The molecule has 188 valence electrons. The Hall–Kier alpha value is -5.37. The molecule has 0 bridgehead atoms. The Balaban J connectivity index is 1.75. The Morgan fingerprint density at radius 1 is 1.11 bits per heavy atom. The van der Waals surface area contributed by atoms with Crippen molar-refractivity contribution in [1.82, 2.24) is 24.5 Å². The van der Waals surface area contributed by atoms with E-state index in [0.717, 1.165) is 0 Å². The highest BCUT2D eigenvalue weighted by molar-refractivity contribution is 5.96. The number of fused-ring (bicyclic) bond motifs is 1. The number of halogens is 1. The topological polar surface area (TPSA) is 145 Å². The molecule has 2 aromatic carbocycles. The predicted octanol–water partition coefficient (Wildman–Crippen LogP) is 4.01. The number of hydrogen-bond donors (Lipinski definition) is 2. The summed E-state index contributed by atoms with van der Waals surface area (Å²) in [6.07, 6.45) is 4.47. The summed E-state index contributed by atoms with van der Waals surface area (Å²) in [7, 11) is 1.47. The van der Waals surface area contributed by atoms with Crippen LogP contribution in [-0.2, 0) is 0 Å². The first-order valence-electron chi connectivity index (χ1n) is 11.5. The molecule has 5 aromatic rings. The summed E-state index contributed by atoms with van der Waals surface area (Å²) >= 11 is 0. The van der Waals surface area contributed by atoms with E-state index >= 15 is 0 Å². The molecule has 0 aliphatic rings. The third-order valence-electron chi connectivity index (χ3n) is 5.99. The normalized spacial score (nSPS) is 11.6. The van der Waals surface area contributed by atoms with Crippen LogP contribution in [-0.4, -0.2) is 31.6 Å². The first-order chi connectivity index (χ1) is 18.4. The molecule has 0 amide bonds. The summed E-state index contributed by atoms with van der Waals surface area (Å²) in [5, 5.41) is 13.7. The summed E-state index contributed by atoms with van der Waals surface area (Å²) in [6, 6.07) is 14.7. The molecule has 3 aromatic heterocycles. The van der Waals surface area contributed by atoms with Crippen molar-refractivity contribution in [2.24, 2.45) is 0 Å². The maximum absolute atomic E-state index is 14.3. The maximum Gasteiger partial charge on any atom is 0.316 e. The third kappa shape index (κ3) is 4.46. The third-order valence-corrected chi connectivity index (χ3v) is 5.99. The van der Waals surface area contributed by atoms with Gasteiger partial charge in [-0.25, -0.2) is 19.3 Å². The van der Waals surface area contributed by atoms with E-state index in [2.05, 4.69) is 25.3 Å². The van der Waals surface area contributed by atoms with Crippen LogP contribution < -0.4 is 21.3 Å². The van der Waals surface area contributed by atoms with Crippen molar-refractivity contribution in [2.45, 2.75) is 13.0 Å². The van der Waals surface area contributed by atoms with E-state index in [1.54, 1.807) is 31.5 Å². The molecule has 0 saturated heterocycles. The zero-order valence-electron chi connectivity index (χ0n) is 20.4. The Bertz CT molecular complexity index is 1760. The average molecular weight is 509 g/mol. The molecule has 5 rings (SSSR count). The van der Waals surface area contributed by atoms with Crippen molar-refractivity contribution in [3.8, 4) is 28.9 Å². The molecular formula is C27H21FN8O2. The highest BCUT2D eigenvalue weighted by atomic mass is 19.1. The van der Waals surface area contributed by atoms with Gasteiger partial charge in [-0.2, -0.15) is 10.2 Å². The quantitative estimate of drug-likeness (QED) is 0.347. The Morgan fingerprint density at radius 2 is 1.87 bits per heavy atom. The van der Waals surface area contributed by atoms with Gasteiger partial charge in [-0.05, 0) is 42.1 Å². The smallest absolute Gasteiger partial charge is 0.316 e. The molecule has 0 saturated carbocycles. The fourth-order valence-electron chi connectivity index (χ4n) is 4.25. The Morgan fingerprint density at radius 3 is 2.58 bits per heavy atom. The zero-order chi connectivity index (χ0) is 26.8. The first kappa shape index (κ1) is 24.3. The summed E-state index contributed by atoms with van der Waals surface area (Å²) in [5.74, 6) is -0.283. The summed E-state index contributed by atoms with van der Waals surface area (Å²) < 4.78 is 20.8. The Labute approximate surface area is 216 Å². The number of ether oxygens (including phenoxy) is 1. The van der Waals surface area contributed by atoms with E-state index in [0.29, 0.717) is 33.3 Å². The minimum atomic E-state index is -0.551. The van der Waals surface area contributed by atoms with Crippen LogP contribution in [0.2, 0.25) is 0 Å². The maximum atomic E-state index is 14.3. The second-order valence-electron chi connectivity index (χ2n) is 8.39. The van der Waals surface area contributed by atoms with E-state index in [-0.39, 0.29) is 28.9 Å². The monoisotopic (exact) mass is 508 g/mol. The molecule has 10 nitrogen and oxygen atoms in total. The molecule has 3 N–H and O–H groups in total. The van der Waals surface area contributed by atoms with Crippen molar-refractivity contribution in [3.63, 3.8) is 0 Å². The number of hydrogen-bond acceptors (Lipinski definition) is 9. The van der Waals surface area contributed by atoms with Crippen LogP contribution in [0.4, 0.5) is 16.2 Å². The van der Waals surface area contributed by atoms with Gasteiger partial charge >= 0.3 is 6.01 Å². The minimum Gasteiger partial charge on any atom is -0.467 e. The molecular weight excluding hydrogens is 487 g/mol. The number of aromatic nitrogens is 5. The number of rotatable bonds is 6. The lowest BCUT2D eigenvalue weighted by Gasteiger charge is -2.22. The van der Waals surface area contributed by atoms with Crippen LogP contribution in [0.1, 0.15) is 24.2 Å². The summed E-state index contributed by atoms with van der Waals surface area (Å²) in [6.45, 7) is 1.80. The molecule has 3 heterocycles. The second kappa shape index (κ2) is 9.94. The van der Waals surface area contributed by atoms with Crippen LogP contribution in [0.25, 0.3) is 27.6 Å². The van der Waals surface area contributed by atoms with Crippen LogP contribution in [0.3, 0.4) is 0 Å². The predicted molar refractivity (Wildman–Crippen MR) is 140 cm³/mol. The molecule has 11 heteroatoms. The first-order valence-corrected chi connectivity index (χ1v) is 11.5. The average Bonchev–Trinajstić information content (AvgIpc) is 2.92. The van der Waals surface area contributed by atoms with Crippen LogP contribution in [0.5, 0.6) is 6.01 Å². The molecule has 0 aliphatic carbocycles. The number of nitrogens with one attached hydrogen (secondary N) is 1. The van der Waals surface area contributed by atoms with Crippen molar-refractivity contribution in [3.05, 3.63) is 94.5 Å². The molecule has 1 atom stereocenters. The van der Waals surface area contributed by atoms with Gasteiger partial charge < -0.3 is 15.8 Å². The van der Waals surface area contributed by atoms with Crippen molar-refractivity contribution in [2.75, 3.05) is 18.2 Å². The highest BCUT2D eigenvalue weighted by Crippen LogP contribution is 2.30. The van der Waals surface area contributed by atoms with Crippen LogP contribution >= 0.6 is 0 Å². The number of methoxy groups -OCH3 is 1. The number of nitriles is 1. The van der Waals surface area contributed by atoms with Gasteiger partial charge in [-0.1, -0.05) is 24.3 Å². The molecule has 0 aliphatic heterocycles. The van der Waals surface area contributed by atoms with Crippen molar-refractivity contribution < 1.29 is 9.13 Å². The van der Waals surface area contributed by atoms with Gasteiger partial charge in [0.25, 0.3) is 5.56 Å². The fourth-order valence-corrected chi connectivity index (χ4v) is 4.25. The van der Waals surface area contributed by atoms with E-state index in [4.69, 9.17) is 10.5 Å². The van der Waals surface area contributed by atoms with E-state index in [1.807, 2.05) is 24.3 Å². The molecule has 38 heavy (non-hydrogen) atoms. The van der Waals surface area contributed by atoms with Gasteiger partial charge in [0.2, 0.25) is 5.95 Å². The number of pyridine rings is 1. The standard InChI is InChI=1S/C27H21FN8O2/c1-15(34-24-17(11-29)12-31-26(30)35-24)22-9-16-5-3-8-21(18-13-32-27(38-2)33-14-18)23(16)25(37)36(22)20-7-4-6-19(28)10-20/h3-10,12-15H,1-2H3,(H3,30,31,34,35). The van der Waals surface area contributed by atoms with Gasteiger partial charge in [0, 0.05) is 23.7 Å². The second-order valence-corrected chi connectivity index (χ2v) is 8.39. The van der Waals surface area contributed by atoms with Crippen molar-refractivity contribution in [1.29, 1.82) is 5.26 Å². The number of benzene rings is 2. The fraction of sp³-hybridized carbons (Fsp3) is 0.111. The highest BCUT2D eigenvalue weighted by Gasteiger charge is 2.20. The van der Waals surface area contributed by atoms with Crippen molar-refractivity contribution >= 4 is 22.5 Å². The Kier molecular flexibility index (Phi) is 6.37. The number of anilines is 2. The van der Waals surface area contributed by atoms with Gasteiger partial charge in [-0.15, -0.1) is 0 Å². The van der Waals surface area contributed by atoms with Gasteiger partial charge in [0.05, 0.1) is 30.4 Å². The SMILES string of the molecule is COc1ncc(-c2cccc3cc(C(C)Nc4nc(N)ncc4C#N)n(-c4cccc(F)c4)c(=O)c23)cn1. The summed E-state index contributed by atoms with van der Waals surface area (Å²) in [4.78, 5) is 30.5. The summed E-state index contributed by atoms with van der Waals surface area (Å²) in [5.41, 5.74) is 7.64. The van der Waals surface area contributed by atoms with Crippen LogP contribution in [0, 0.1) is 17.1 Å². The van der Waals surface area contributed by atoms with Gasteiger partial charge in [-0.3, -0.25) is 9.36 Å². The molecule has 0 spiro atoms. The lowest BCUT2D eigenvalue weighted by atomic mass is 9.99. The molecule has 0 fully saturated rings. The molecule has 1 unspecified atom stereocenters. The van der Waals surface area contributed by atoms with E-state index in [1.165, 1.54) is 36.1 Å². The minimum absolute atomic E-state index is 0.00825. The van der Waals surface area contributed by atoms with Gasteiger partial charge in [0.15, 0.2) is 0 Å². The molecule has 0 radical (unpaired) electrons.